The summed E-state index contributed by atoms with van der Waals surface area (Å²) in [6, 6.07) is 0. The van der Waals surface area contributed by atoms with Crippen LogP contribution in [-0.4, -0.2) is 21.6 Å². The van der Waals surface area contributed by atoms with Gasteiger partial charge in [-0.25, -0.2) is 0 Å². The van der Waals surface area contributed by atoms with E-state index in [2.05, 4.69) is 17.1 Å². The summed E-state index contributed by atoms with van der Waals surface area (Å²) in [5.41, 5.74) is 0. The first kappa shape index (κ1) is 13.0. The van der Waals surface area contributed by atoms with Crippen molar-refractivity contribution in [2.24, 2.45) is 0 Å². The van der Waals surface area contributed by atoms with Crippen molar-refractivity contribution in [3.05, 3.63) is 0 Å². The average Bonchev–Trinajstić information content (AvgIpc) is 2.66. The third-order valence-electron chi connectivity index (χ3n) is 1.75. The van der Waals surface area contributed by atoms with Gasteiger partial charge in [-0.15, -0.1) is 10.2 Å². The number of hydrogen-bond donors (Lipinski definition) is 0. The molecule has 1 heterocycles. The third-order valence-corrected chi connectivity index (χ3v) is 4.63. The highest BCUT2D eigenvalue weighted by molar-refractivity contribution is 8.15. The molecule has 0 bridgehead atoms. The second kappa shape index (κ2) is 7.24. The number of rotatable bonds is 6. The fourth-order valence-electron chi connectivity index (χ4n) is 0.989. The third kappa shape index (κ3) is 4.99. The van der Waals surface area contributed by atoms with Gasteiger partial charge in [0.2, 0.25) is 0 Å². The molecule has 0 aliphatic carbocycles. The molecule has 0 saturated heterocycles. The lowest BCUT2D eigenvalue weighted by Crippen LogP contribution is -1.90. The van der Waals surface area contributed by atoms with E-state index < -0.39 is 0 Å². The van der Waals surface area contributed by atoms with Crippen molar-refractivity contribution in [3.8, 4) is 0 Å². The van der Waals surface area contributed by atoms with Crippen LogP contribution in [0.1, 0.15) is 32.6 Å². The summed E-state index contributed by atoms with van der Waals surface area (Å²) in [5, 5.41) is 8.09. The first-order chi connectivity index (χ1) is 7.26. The molecule has 0 fully saturated rings. The molecule has 1 aromatic rings. The Bertz CT molecular complexity index is 314. The molecule has 0 aromatic carbocycles. The van der Waals surface area contributed by atoms with Crippen LogP contribution in [0, 0.1) is 0 Å². The molecule has 0 aliphatic heterocycles. The minimum Gasteiger partial charge on any atom is -0.287 e. The van der Waals surface area contributed by atoms with Crippen LogP contribution in [0.15, 0.2) is 8.68 Å². The molecule has 0 spiro atoms. The molecule has 0 atom stereocenters. The standard InChI is InChI=1S/C9H14N2OS3/c1-3-4-5-6-7(12)14-9-11-10-8(13-2)15-9/h3-6H2,1-2H3. The van der Waals surface area contributed by atoms with E-state index in [-0.39, 0.29) is 5.12 Å². The van der Waals surface area contributed by atoms with E-state index in [0.29, 0.717) is 6.42 Å². The Morgan fingerprint density at radius 2 is 2.07 bits per heavy atom. The van der Waals surface area contributed by atoms with Crippen LogP contribution in [0.2, 0.25) is 0 Å². The summed E-state index contributed by atoms with van der Waals surface area (Å²) in [6.45, 7) is 2.13. The van der Waals surface area contributed by atoms with E-state index in [4.69, 9.17) is 0 Å². The zero-order valence-electron chi connectivity index (χ0n) is 8.86. The second-order valence-corrected chi connectivity index (χ2v) is 6.30. The maximum Gasteiger partial charge on any atom is 0.195 e. The van der Waals surface area contributed by atoms with Crippen molar-refractivity contribution >= 4 is 40.0 Å². The van der Waals surface area contributed by atoms with Crippen molar-refractivity contribution < 1.29 is 4.79 Å². The Morgan fingerprint density at radius 3 is 2.67 bits per heavy atom. The molecule has 0 radical (unpaired) electrons. The van der Waals surface area contributed by atoms with Gasteiger partial charge >= 0.3 is 0 Å². The molecule has 84 valence electrons. The van der Waals surface area contributed by atoms with E-state index >= 15 is 0 Å². The van der Waals surface area contributed by atoms with Crippen molar-refractivity contribution in [1.29, 1.82) is 0 Å². The van der Waals surface area contributed by atoms with E-state index in [1.54, 1.807) is 11.8 Å². The van der Waals surface area contributed by atoms with Gasteiger partial charge in [0.1, 0.15) is 0 Å². The van der Waals surface area contributed by atoms with Crippen LogP contribution in [0.5, 0.6) is 0 Å². The lowest BCUT2D eigenvalue weighted by Gasteiger charge is -1.95. The predicted octanol–water partition coefficient (Wildman–Crippen LogP) is 3.46. The summed E-state index contributed by atoms with van der Waals surface area (Å²) >= 11 is 4.26. The number of carbonyl (C=O) groups is 1. The van der Waals surface area contributed by atoms with Crippen molar-refractivity contribution in [2.45, 2.75) is 41.3 Å². The van der Waals surface area contributed by atoms with Crippen LogP contribution in [0.4, 0.5) is 0 Å². The fraction of sp³-hybridized carbons (Fsp3) is 0.667. The maximum absolute atomic E-state index is 11.5. The molecule has 0 amide bonds. The summed E-state index contributed by atoms with van der Waals surface area (Å²) in [7, 11) is 0. The van der Waals surface area contributed by atoms with Crippen LogP contribution in [0.3, 0.4) is 0 Å². The SMILES string of the molecule is CCCCCC(=O)Sc1nnc(SC)s1. The number of unbranched alkanes of at least 4 members (excludes halogenated alkanes) is 2. The number of thioether (sulfide) groups is 2. The second-order valence-electron chi connectivity index (χ2n) is 2.97. The number of nitrogens with zero attached hydrogens (tertiary/aromatic N) is 2. The van der Waals surface area contributed by atoms with Gasteiger partial charge in [0.15, 0.2) is 13.8 Å². The van der Waals surface area contributed by atoms with Gasteiger partial charge in [-0.05, 0) is 24.4 Å². The van der Waals surface area contributed by atoms with Gasteiger partial charge in [-0.2, -0.15) is 0 Å². The zero-order chi connectivity index (χ0) is 11.1. The highest BCUT2D eigenvalue weighted by Crippen LogP contribution is 2.28. The maximum atomic E-state index is 11.5. The van der Waals surface area contributed by atoms with Gasteiger partial charge in [-0.3, -0.25) is 4.79 Å². The molecule has 15 heavy (non-hydrogen) atoms. The Balaban J connectivity index is 2.31. The van der Waals surface area contributed by atoms with Crippen molar-refractivity contribution in [1.82, 2.24) is 10.2 Å². The van der Waals surface area contributed by atoms with Gasteiger partial charge < -0.3 is 0 Å². The first-order valence-electron chi connectivity index (χ1n) is 4.84. The van der Waals surface area contributed by atoms with Gasteiger partial charge in [0, 0.05) is 6.42 Å². The summed E-state index contributed by atoms with van der Waals surface area (Å²) in [5.74, 6) is 0. The van der Waals surface area contributed by atoms with Crippen LogP contribution < -0.4 is 0 Å². The lowest BCUT2D eigenvalue weighted by molar-refractivity contribution is -0.111. The largest absolute Gasteiger partial charge is 0.287 e. The molecule has 1 aromatic heterocycles. The molecule has 0 N–H and O–H groups in total. The van der Waals surface area contributed by atoms with Crippen LogP contribution in [-0.2, 0) is 4.79 Å². The Kier molecular flexibility index (Phi) is 6.28. The first-order valence-corrected chi connectivity index (χ1v) is 7.70. The number of hydrogen-bond acceptors (Lipinski definition) is 6. The Hall–Kier alpha value is -0.0700. The van der Waals surface area contributed by atoms with Crippen molar-refractivity contribution in [3.63, 3.8) is 0 Å². The molecule has 6 heteroatoms. The summed E-state index contributed by atoms with van der Waals surface area (Å²) < 4.78 is 1.68. The molecule has 0 saturated carbocycles. The lowest BCUT2D eigenvalue weighted by atomic mass is 10.2. The van der Waals surface area contributed by atoms with E-state index in [9.17, 15) is 4.79 Å². The fourth-order valence-corrected chi connectivity index (χ4v) is 3.36. The van der Waals surface area contributed by atoms with Crippen molar-refractivity contribution in [2.75, 3.05) is 6.26 Å². The summed E-state index contributed by atoms with van der Waals surface area (Å²) in [6.07, 6.45) is 5.85. The average molecular weight is 262 g/mol. The molecule has 0 unspecified atom stereocenters. The van der Waals surface area contributed by atoms with E-state index in [1.165, 1.54) is 23.1 Å². The molecule has 3 nitrogen and oxygen atoms in total. The van der Waals surface area contributed by atoms with Gasteiger partial charge in [0.05, 0.1) is 0 Å². The normalized spacial score (nSPS) is 10.5. The minimum atomic E-state index is 0.201. The van der Waals surface area contributed by atoms with Gasteiger partial charge in [-0.1, -0.05) is 42.9 Å². The topological polar surface area (TPSA) is 42.9 Å². The highest BCUT2D eigenvalue weighted by atomic mass is 32.2. The molecule has 0 aliphatic rings. The Morgan fingerprint density at radius 1 is 1.33 bits per heavy atom. The van der Waals surface area contributed by atoms with Crippen LogP contribution in [0.25, 0.3) is 0 Å². The quantitative estimate of drug-likeness (QED) is 0.580. The van der Waals surface area contributed by atoms with Gasteiger partial charge in [0.25, 0.3) is 0 Å². The highest BCUT2D eigenvalue weighted by Gasteiger charge is 2.09. The predicted molar refractivity (Wildman–Crippen MR) is 66.7 cm³/mol. The Labute approximate surface area is 102 Å². The zero-order valence-corrected chi connectivity index (χ0v) is 11.3. The van der Waals surface area contributed by atoms with Crippen LogP contribution >= 0.6 is 34.9 Å². The number of aromatic nitrogens is 2. The van der Waals surface area contributed by atoms with E-state index in [1.807, 2.05) is 6.26 Å². The van der Waals surface area contributed by atoms with E-state index in [0.717, 1.165) is 27.9 Å². The molecular weight excluding hydrogens is 248 g/mol. The monoisotopic (exact) mass is 262 g/mol. The molecular formula is C9H14N2OS3. The molecule has 1 rings (SSSR count). The minimum absolute atomic E-state index is 0.201. The number of carbonyl (C=O) groups excluding carboxylic acids is 1. The summed E-state index contributed by atoms with van der Waals surface area (Å²) in [4.78, 5) is 11.5. The smallest absolute Gasteiger partial charge is 0.195 e.